The summed E-state index contributed by atoms with van der Waals surface area (Å²) < 4.78 is 12.9. The molecule has 1 unspecified atom stereocenters. The summed E-state index contributed by atoms with van der Waals surface area (Å²) >= 11 is 1.56. The first kappa shape index (κ1) is 20.3. The number of thioether (sulfide) groups is 1. The number of carbonyl (C=O) groups excluding carboxylic acids is 1. The number of carbonyl (C=O) groups is 1. The Hall–Kier alpha value is -2.93. The first-order chi connectivity index (χ1) is 14.5. The maximum atomic E-state index is 12.6. The lowest BCUT2D eigenvalue weighted by molar-refractivity contribution is -0.113. The third kappa shape index (κ3) is 3.65. The van der Waals surface area contributed by atoms with Crippen LogP contribution in [0.5, 0.6) is 11.5 Å². The molecule has 0 fully saturated rings. The lowest BCUT2D eigenvalue weighted by Crippen LogP contribution is -2.15. The van der Waals surface area contributed by atoms with Crippen LogP contribution in [0.25, 0.3) is 5.69 Å². The number of benzene rings is 2. The molecule has 0 bridgehead atoms. The van der Waals surface area contributed by atoms with Gasteiger partial charge in [-0.3, -0.25) is 4.79 Å². The summed E-state index contributed by atoms with van der Waals surface area (Å²) in [5, 5.41) is 7.74. The Bertz CT molecular complexity index is 1080. The average Bonchev–Trinajstić information content (AvgIpc) is 2.98. The van der Waals surface area contributed by atoms with Gasteiger partial charge in [-0.15, -0.1) is 11.8 Å². The molecular formula is C23H25N3O3S. The summed E-state index contributed by atoms with van der Waals surface area (Å²) in [6.07, 6.45) is 0.974. The third-order valence-corrected chi connectivity index (χ3v) is 6.57. The van der Waals surface area contributed by atoms with Gasteiger partial charge in [0.15, 0.2) is 0 Å². The molecule has 1 aliphatic rings. The second-order valence-corrected chi connectivity index (χ2v) is 8.22. The van der Waals surface area contributed by atoms with E-state index in [2.05, 4.69) is 24.4 Å². The van der Waals surface area contributed by atoms with Crippen LogP contribution < -0.4 is 14.8 Å². The lowest BCUT2D eigenvalue weighted by atomic mass is 10.0. The van der Waals surface area contributed by atoms with Crippen LogP contribution in [0, 0.1) is 6.92 Å². The third-order valence-electron chi connectivity index (χ3n) is 5.32. The van der Waals surface area contributed by atoms with Gasteiger partial charge in [0.2, 0.25) is 5.91 Å². The highest BCUT2D eigenvalue weighted by molar-refractivity contribution is 8.00. The molecule has 2 aromatic carbocycles. The van der Waals surface area contributed by atoms with Gasteiger partial charge in [0.1, 0.15) is 17.3 Å². The minimum Gasteiger partial charge on any atom is -0.497 e. The Morgan fingerprint density at radius 3 is 2.60 bits per heavy atom. The summed E-state index contributed by atoms with van der Waals surface area (Å²) in [5.74, 6) is 2.51. The minimum atomic E-state index is -0.118. The second-order valence-electron chi connectivity index (χ2n) is 7.13. The van der Waals surface area contributed by atoms with Crippen molar-refractivity contribution in [3.63, 3.8) is 0 Å². The van der Waals surface area contributed by atoms with Crippen LogP contribution in [0.1, 0.15) is 34.6 Å². The normalized spacial score (nSPS) is 15.9. The van der Waals surface area contributed by atoms with E-state index in [1.807, 2.05) is 41.9 Å². The van der Waals surface area contributed by atoms with Crippen molar-refractivity contribution in [1.82, 2.24) is 9.78 Å². The van der Waals surface area contributed by atoms with E-state index in [0.717, 1.165) is 40.4 Å². The topological polar surface area (TPSA) is 65.4 Å². The highest BCUT2D eigenvalue weighted by Crippen LogP contribution is 2.47. The molecule has 0 spiro atoms. The van der Waals surface area contributed by atoms with E-state index in [1.165, 1.54) is 5.56 Å². The molecule has 0 aliphatic carbocycles. The lowest BCUT2D eigenvalue weighted by Gasteiger charge is -2.19. The maximum absolute atomic E-state index is 12.6. The second kappa shape index (κ2) is 8.44. The molecule has 4 rings (SSSR count). The molecule has 6 nitrogen and oxygen atoms in total. The molecule has 1 aromatic heterocycles. The largest absolute Gasteiger partial charge is 0.497 e. The molecule has 30 heavy (non-hydrogen) atoms. The average molecular weight is 424 g/mol. The molecule has 2 heterocycles. The van der Waals surface area contributed by atoms with E-state index < -0.39 is 0 Å². The van der Waals surface area contributed by atoms with Crippen molar-refractivity contribution in [2.45, 2.75) is 25.5 Å². The molecular weight excluding hydrogens is 398 g/mol. The van der Waals surface area contributed by atoms with Crippen LogP contribution in [0.15, 0.2) is 42.5 Å². The number of ether oxygens (including phenoxy) is 2. The Labute approximate surface area is 180 Å². The summed E-state index contributed by atoms with van der Waals surface area (Å²) in [7, 11) is 3.30. The first-order valence-corrected chi connectivity index (χ1v) is 10.9. The molecule has 1 amide bonds. The number of rotatable bonds is 5. The number of nitrogens with one attached hydrogen (secondary N) is 1. The molecule has 0 saturated carbocycles. The Balaban J connectivity index is 1.88. The summed E-state index contributed by atoms with van der Waals surface area (Å²) in [4.78, 5) is 12.6. The summed E-state index contributed by atoms with van der Waals surface area (Å²) in [6, 6.07) is 14.0. The van der Waals surface area contributed by atoms with Crippen LogP contribution >= 0.6 is 11.8 Å². The zero-order chi connectivity index (χ0) is 21.3. The van der Waals surface area contributed by atoms with Gasteiger partial charge in [0.25, 0.3) is 0 Å². The van der Waals surface area contributed by atoms with Crippen molar-refractivity contribution in [3.05, 3.63) is 64.8 Å². The van der Waals surface area contributed by atoms with E-state index in [4.69, 9.17) is 14.6 Å². The zero-order valence-corrected chi connectivity index (χ0v) is 18.4. The quantitative estimate of drug-likeness (QED) is 0.653. The predicted molar refractivity (Wildman–Crippen MR) is 120 cm³/mol. The van der Waals surface area contributed by atoms with Crippen molar-refractivity contribution in [2.24, 2.45) is 0 Å². The number of aromatic nitrogens is 2. The molecule has 1 aliphatic heterocycles. The number of amides is 1. The number of aryl methyl sites for hydroxylation is 2. The molecule has 1 atom stereocenters. The zero-order valence-electron chi connectivity index (χ0n) is 17.6. The summed E-state index contributed by atoms with van der Waals surface area (Å²) in [6.45, 7) is 4.11. The van der Waals surface area contributed by atoms with Gasteiger partial charge < -0.3 is 14.8 Å². The fourth-order valence-corrected chi connectivity index (χ4v) is 4.94. The number of nitrogens with zero attached hydrogens (tertiary/aromatic N) is 2. The van der Waals surface area contributed by atoms with E-state index in [0.29, 0.717) is 11.6 Å². The van der Waals surface area contributed by atoms with Crippen molar-refractivity contribution in [2.75, 3.05) is 25.3 Å². The standard InChI is InChI=1S/C23H25N3O3S/c1-5-15-6-8-16(9-7-15)26-23-21(14(2)25-26)22(30-13-20(27)24-23)18-12-17(28-3)10-11-19(18)29-4/h6-12,22H,5,13H2,1-4H3,(H,24,27). The van der Waals surface area contributed by atoms with Crippen LogP contribution in [0.3, 0.4) is 0 Å². The van der Waals surface area contributed by atoms with Crippen LogP contribution in [-0.2, 0) is 11.2 Å². The van der Waals surface area contributed by atoms with Crippen LogP contribution in [0.2, 0.25) is 0 Å². The number of anilines is 1. The van der Waals surface area contributed by atoms with Crippen LogP contribution in [-0.4, -0.2) is 35.7 Å². The van der Waals surface area contributed by atoms with Gasteiger partial charge in [0, 0.05) is 11.1 Å². The Morgan fingerprint density at radius 1 is 1.17 bits per heavy atom. The Morgan fingerprint density at radius 2 is 1.93 bits per heavy atom. The van der Waals surface area contributed by atoms with Crippen molar-refractivity contribution < 1.29 is 14.3 Å². The monoisotopic (exact) mass is 423 g/mol. The molecule has 1 N–H and O–H groups in total. The van der Waals surface area contributed by atoms with Gasteiger partial charge in [0.05, 0.1) is 36.6 Å². The molecule has 3 aromatic rings. The SMILES string of the molecule is CCc1ccc(-n2nc(C)c3c2NC(=O)CSC3c2cc(OC)ccc2OC)cc1. The molecule has 0 saturated heterocycles. The van der Waals surface area contributed by atoms with Crippen molar-refractivity contribution >= 4 is 23.5 Å². The van der Waals surface area contributed by atoms with Gasteiger partial charge in [-0.2, -0.15) is 5.10 Å². The van der Waals surface area contributed by atoms with Crippen molar-refractivity contribution in [1.29, 1.82) is 0 Å². The molecule has 0 radical (unpaired) electrons. The van der Waals surface area contributed by atoms with Gasteiger partial charge >= 0.3 is 0 Å². The fourth-order valence-electron chi connectivity index (χ4n) is 3.73. The fraction of sp³-hybridized carbons (Fsp3) is 0.304. The number of hydrogen-bond acceptors (Lipinski definition) is 5. The smallest absolute Gasteiger partial charge is 0.235 e. The van der Waals surface area contributed by atoms with Gasteiger partial charge in [-0.25, -0.2) is 4.68 Å². The van der Waals surface area contributed by atoms with Gasteiger partial charge in [-0.1, -0.05) is 19.1 Å². The first-order valence-electron chi connectivity index (χ1n) is 9.88. The van der Waals surface area contributed by atoms with E-state index in [9.17, 15) is 4.79 Å². The van der Waals surface area contributed by atoms with Crippen LogP contribution in [0.4, 0.5) is 5.82 Å². The maximum Gasteiger partial charge on any atom is 0.235 e. The highest BCUT2D eigenvalue weighted by Gasteiger charge is 2.32. The van der Waals surface area contributed by atoms with Crippen molar-refractivity contribution in [3.8, 4) is 17.2 Å². The number of methoxy groups -OCH3 is 2. The number of hydrogen-bond donors (Lipinski definition) is 1. The molecule has 156 valence electrons. The van der Waals surface area contributed by atoms with E-state index in [1.54, 1.807) is 26.0 Å². The van der Waals surface area contributed by atoms with E-state index >= 15 is 0 Å². The molecule has 7 heteroatoms. The predicted octanol–water partition coefficient (Wildman–Crippen LogP) is 4.54. The summed E-state index contributed by atoms with van der Waals surface area (Å²) in [5.41, 5.74) is 4.99. The Kier molecular flexibility index (Phi) is 5.72. The number of fused-ring (bicyclic) bond motifs is 1. The van der Waals surface area contributed by atoms with E-state index in [-0.39, 0.29) is 11.2 Å². The van der Waals surface area contributed by atoms with Gasteiger partial charge in [-0.05, 0) is 49.2 Å². The minimum absolute atomic E-state index is 0.0445. The highest BCUT2D eigenvalue weighted by atomic mass is 32.2.